The van der Waals surface area contributed by atoms with E-state index in [2.05, 4.69) is 15.5 Å². The zero-order valence-electron chi connectivity index (χ0n) is 19.4. The van der Waals surface area contributed by atoms with Crippen molar-refractivity contribution < 1.29 is 14.3 Å². The summed E-state index contributed by atoms with van der Waals surface area (Å²) in [5.74, 6) is 0.938. The average Bonchev–Trinajstić information content (AvgIpc) is 3.56. The lowest BCUT2D eigenvalue weighted by Crippen LogP contribution is -2.24. The molecule has 2 amide bonds. The van der Waals surface area contributed by atoms with Crippen molar-refractivity contribution in [2.24, 2.45) is 0 Å². The highest BCUT2D eigenvalue weighted by atomic mass is 32.1. The van der Waals surface area contributed by atoms with Crippen LogP contribution in [-0.2, 0) is 9.59 Å². The van der Waals surface area contributed by atoms with Crippen LogP contribution in [0.25, 0.3) is 32.0 Å². The first-order valence-corrected chi connectivity index (χ1v) is 12.7. The number of fused-ring (bicyclic) bond motifs is 1. The van der Waals surface area contributed by atoms with Gasteiger partial charge in [0, 0.05) is 23.1 Å². The molecule has 0 atom stereocenters. The topological polar surface area (TPSA) is 96.5 Å². The Bertz CT molecular complexity index is 1460. The van der Waals surface area contributed by atoms with Crippen LogP contribution in [0.4, 0.5) is 5.82 Å². The zero-order chi connectivity index (χ0) is 24.5. The smallest absolute Gasteiger partial charge is 0.275 e. The van der Waals surface area contributed by atoms with Gasteiger partial charge in [-0.2, -0.15) is 0 Å². The fourth-order valence-electron chi connectivity index (χ4n) is 3.67. The third-order valence-electron chi connectivity index (χ3n) is 5.54. The standard InChI is InChI=1S/C25H23N5O3S2/c1-14-20(24(32)29-23(14)31)26-22-19-17(15-6-4-7-16(12-15)33-10-9-30(2)3)13-35-25(19)28-21(27-22)18-8-5-11-34-18/h4-8,11-13H,9-10H2,1-3H3,(H2,26,27,28,29,31,32). The van der Waals surface area contributed by atoms with Gasteiger partial charge in [0.2, 0.25) is 0 Å². The molecule has 4 aromatic rings. The highest BCUT2D eigenvalue weighted by Gasteiger charge is 2.29. The van der Waals surface area contributed by atoms with Gasteiger partial charge in [-0.05, 0) is 50.2 Å². The molecule has 1 aliphatic heterocycles. The number of nitrogens with one attached hydrogen (secondary N) is 2. The lowest BCUT2D eigenvalue weighted by molar-refractivity contribution is -0.124. The van der Waals surface area contributed by atoms with Crippen LogP contribution in [0, 0.1) is 0 Å². The number of carbonyl (C=O) groups is 2. The minimum Gasteiger partial charge on any atom is -0.492 e. The first-order chi connectivity index (χ1) is 16.9. The summed E-state index contributed by atoms with van der Waals surface area (Å²) in [6.07, 6.45) is 0. The Morgan fingerprint density at radius 2 is 1.94 bits per heavy atom. The number of carbonyl (C=O) groups excluding carboxylic acids is 2. The maximum atomic E-state index is 12.4. The van der Waals surface area contributed by atoms with Crippen molar-refractivity contribution in [3.63, 3.8) is 0 Å². The van der Waals surface area contributed by atoms with Crippen LogP contribution in [0.2, 0.25) is 0 Å². The third-order valence-corrected chi connectivity index (χ3v) is 7.28. The second kappa shape index (κ2) is 9.57. The minimum absolute atomic E-state index is 0.199. The molecule has 10 heteroatoms. The van der Waals surface area contributed by atoms with E-state index < -0.39 is 11.8 Å². The van der Waals surface area contributed by atoms with Crippen LogP contribution in [0.5, 0.6) is 5.75 Å². The molecular weight excluding hydrogens is 482 g/mol. The molecule has 2 N–H and O–H groups in total. The van der Waals surface area contributed by atoms with E-state index in [-0.39, 0.29) is 5.70 Å². The molecule has 1 aliphatic rings. The van der Waals surface area contributed by atoms with Gasteiger partial charge < -0.3 is 15.0 Å². The Morgan fingerprint density at radius 1 is 1.09 bits per heavy atom. The molecule has 5 rings (SSSR count). The number of hydrogen-bond donors (Lipinski definition) is 2. The van der Waals surface area contributed by atoms with Crippen molar-refractivity contribution in [1.29, 1.82) is 0 Å². The van der Waals surface area contributed by atoms with Crippen LogP contribution in [-0.4, -0.2) is 53.9 Å². The molecule has 0 saturated carbocycles. The Balaban J connectivity index is 1.60. The second-order valence-electron chi connectivity index (χ2n) is 8.29. The van der Waals surface area contributed by atoms with Gasteiger partial charge >= 0.3 is 0 Å². The van der Waals surface area contributed by atoms with Crippen molar-refractivity contribution in [1.82, 2.24) is 20.2 Å². The van der Waals surface area contributed by atoms with Gasteiger partial charge in [0.25, 0.3) is 11.8 Å². The van der Waals surface area contributed by atoms with Crippen LogP contribution < -0.4 is 15.4 Å². The number of nitrogens with zero attached hydrogens (tertiary/aromatic N) is 3. The molecule has 3 aromatic heterocycles. The number of amides is 2. The first-order valence-electron chi connectivity index (χ1n) is 11.0. The van der Waals surface area contributed by atoms with Gasteiger partial charge in [0.1, 0.15) is 28.7 Å². The molecule has 0 fully saturated rings. The average molecular weight is 506 g/mol. The number of imide groups is 1. The lowest BCUT2D eigenvalue weighted by atomic mass is 10.1. The van der Waals surface area contributed by atoms with E-state index in [1.54, 1.807) is 6.92 Å². The molecule has 178 valence electrons. The Hall–Kier alpha value is -3.60. The SMILES string of the molecule is CC1=C(Nc2nc(-c3cccs3)nc3scc(-c4cccc(OCCN(C)C)c4)c23)C(=O)NC1=O. The van der Waals surface area contributed by atoms with Crippen molar-refractivity contribution in [3.05, 3.63) is 58.4 Å². The van der Waals surface area contributed by atoms with Gasteiger partial charge in [-0.15, -0.1) is 22.7 Å². The molecule has 0 spiro atoms. The normalized spacial score (nSPS) is 13.7. The van der Waals surface area contributed by atoms with E-state index in [9.17, 15) is 9.59 Å². The minimum atomic E-state index is -0.468. The van der Waals surface area contributed by atoms with Crippen LogP contribution in [0.15, 0.2) is 58.4 Å². The number of ether oxygens (including phenoxy) is 1. The Labute approximate surface area is 210 Å². The largest absolute Gasteiger partial charge is 0.492 e. The number of thiophene rings is 2. The molecule has 0 bridgehead atoms. The van der Waals surface area contributed by atoms with Crippen molar-refractivity contribution in [2.75, 3.05) is 32.6 Å². The third kappa shape index (κ3) is 4.68. The number of aromatic nitrogens is 2. The van der Waals surface area contributed by atoms with Crippen molar-refractivity contribution in [2.45, 2.75) is 6.92 Å². The lowest BCUT2D eigenvalue weighted by Gasteiger charge is -2.13. The second-order valence-corrected chi connectivity index (χ2v) is 10.1. The van der Waals surface area contributed by atoms with E-state index in [1.807, 2.05) is 61.3 Å². The van der Waals surface area contributed by atoms with Gasteiger partial charge in [0.15, 0.2) is 5.82 Å². The fraction of sp³-hybridized carbons (Fsp3) is 0.200. The molecule has 0 aliphatic carbocycles. The summed E-state index contributed by atoms with van der Waals surface area (Å²) in [5.41, 5.74) is 2.40. The number of rotatable bonds is 8. The molecule has 35 heavy (non-hydrogen) atoms. The first kappa shape index (κ1) is 23.2. The Morgan fingerprint density at radius 3 is 2.66 bits per heavy atom. The van der Waals surface area contributed by atoms with Crippen molar-refractivity contribution in [3.8, 4) is 27.6 Å². The number of likely N-dealkylation sites (N-methyl/N-ethyl adjacent to an activating group) is 1. The van der Waals surface area contributed by atoms with Crippen LogP contribution in [0.3, 0.4) is 0 Å². The van der Waals surface area contributed by atoms with Crippen LogP contribution in [0.1, 0.15) is 6.92 Å². The molecule has 4 heterocycles. The summed E-state index contributed by atoms with van der Waals surface area (Å²) in [4.78, 5) is 37.8. The molecule has 0 saturated heterocycles. The van der Waals surface area contributed by atoms with Crippen molar-refractivity contribution >= 4 is 50.5 Å². The molecule has 0 unspecified atom stereocenters. The number of hydrogen-bond acceptors (Lipinski definition) is 9. The highest BCUT2D eigenvalue weighted by Crippen LogP contribution is 2.40. The maximum Gasteiger partial charge on any atom is 0.275 e. The molecule has 0 radical (unpaired) electrons. The molecule has 1 aromatic carbocycles. The summed E-state index contributed by atoms with van der Waals surface area (Å²) < 4.78 is 5.93. The van der Waals surface area contributed by atoms with E-state index in [4.69, 9.17) is 14.7 Å². The molecule has 8 nitrogen and oxygen atoms in total. The monoisotopic (exact) mass is 505 g/mol. The summed E-state index contributed by atoms with van der Waals surface area (Å²) in [6, 6.07) is 11.8. The van der Waals surface area contributed by atoms with E-state index in [0.29, 0.717) is 23.8 Å². The van der Waals surface area contributed by atoms with E-state index in [1.165, 1.54) is 22.7 Å². The van der Waals surface area contributed by atoms with E-state index in [0.717, 1.165) is 38.5 Å². The summed E-state index contributed by atoms with van der Waals surface area (Å²) in [7, 11) is 4.01. The van der Waals surface area contributed by atoms with Crippen LogP contribution >= 0.6 is 22.7 Å². The predicted molar refractivity (Wildman–Crippen MR) is 140 cm³/mol. The summed E-state index contributed by atoms with van der Waals surface area (Å²) in [5, 5.41) is 10.3. The number of benzene rings is 1. The fourth-order valence-corrected chi connectivity index (χ4v) is 5.28. The van der Waals surface area contributed by atoms with Gasteiger partial charge in [0.05, 0.1) is 10.3 Å². The van der Waals surface area contributed by atoms with Gasteiger partial charge in [-0.3, -0.25) is 14.9 Å². The zero-order valence-corrected chi connectivity index (χ0v) is 21.0. The van der Waals surface area contributed by atoms with Gasteiger partial charge in [-0.25, -0.2) is 9.97 Å². The maximum absolute atomic E-state index is 12.4. The summed E-state index contributed by atoms with van der Waals surface area (Å²) >= 11 is 3.04. The Kier molecular flexibility index (Phi) is 6.33. The predicted octanol–water partition coefficient (Wildman–Crippen LogP) is 4.37. The summed E-state index contributed by atoms with van der Waals surface area (Å²) in [6.45, 7) is 3.01. The van der Waals surface area contributed by atoms with E-state index >= 15 is 0 Å². The highest BCUT2D eigenvalue weighted by molar-refractivity contribution is 7.17. The van der Waals surface area contributed by atoms with Gasteiger partial charge in [-0.1, -0.05) is 18.2 Å². The number of anilines is 1. The molecular formula is C25H23N5O3S2. The quantitative estimate of drug-likeness (QED) is 0.343.